The topological polar surface area (TPSA) is 71.5 Å². The first kappa shape index (κ1) is 14.6. The summed E-state index contributed by atoms with van der Waals surface area (Å²) >= 11 is 0. The summed E-state index contributed by atoms with van der Waals surface area (Å²) in [5.41, 5.74) is 0. The van der Waals surface area contributed by atoms with E-state index < -0.39 is 0 Å². The predicted octanol–water partition coefficient (Wildman–Crippen LogP) is 0.106. The van der Waals surface area contributed by atoms with Gasteiger partial charge in [0, 0.05) is 13.2 Å². The lowest BCUT2D eigenvalue weighted by molar-refractivity contribution is 0.0732. The molecular weight excluding hydrogens is 224 g/mol. The van der Waals surface area contributed by atoms with Crippen LogP contribution < -0.4 is 0 Å². The third-order valence-corrected chi connectivity index (χ3v) is 2.62. The Kier molecular flexibility index (Phi) is 7.39. The predicted molar refractivity (Wildman–Crippen MR) is 62.8 cm³/mol. The lowest BCUT2D eigenvalue weighted by atomic mass is 10.2. The molecule has 3 aliphatic heterocycles. The molecule has 0 aromatic rings. The van der Waals surface area contributed by atoms with Crippen LogP contribution in [0, 0.1) is 0 Å². The molecule has 0 aromatic heterocycles. The van der Waals surface area contributed by atoms with Crippen LogP contribution in [0.15, 0.2) is 12.7 Å². The lowest BCUT2D eigenvalue weighted by Crippen LogP contribution is -2.13. The number of aliphatic hydroxyl groups is 2. The van der Waals surface area contributed by atoms with Crippen molar-refractivity contribution in [3.63, 3.8) is 0 Å². The second-order valence-corrected chi connectivity index (χ2v) is 4.01. The minimum Gasteiger partial charge on any atom is -0.394 e. The zero-order valence-electron chi connectivity index (χ0n) is 10.1. The minimum absolute atomic E-state index is 0.0833. The van der Waals surface area contributed by atoms with E-state index in [1.54, 1.807) is 0 Å². The largest absolute Gasteiger partial charge is 0.394 e. The molecule has 3 heterocycles. The number of epoxide rings is 1. The molecule has 0 aromatic carbocycles. The zero-order valence-corrected chi connectivity index (χ0v) is 10.1. The second-order valence-electron chi connectivity index (χ2n) is 4.01. The normalized spacial score (nSPS) is 32.7. The van der Waals surface area contributed by atoms with Gasteiger partial charge in [0.05, 0.1) is 32.0 Å². The van der Waals surface area contributed by atoms with Crippen molar-refractivity contribution < 1.29 is 24.4 Å². The summed E-state index contributed by atoms with van der Waals surface area (Å²) in [4.78, 5) is 0. The Hall–Kier alpha value is -0.460. The van der Waals surface area contributed by atoms with Crippen LogP contribution in [0.4, 0.5) is 0 Å². The molecule has 100 valence electrons. The van der Waals surface area contributed by atoms with Crippen LogP contribution in [0.5, 0.6) is 0 Å². The average molecular weight is 246 g/mol. The maximum atomic E-state index is 8.08. The molecule has 3 atom stereocenters. The molecule has 0 amide bonds. The van der Waals surface area contributed by atoms with E-state index >= 15 is 0 Å². The van der Waals surface area contributed by atoms with Crippen molar-refractivity contribution in [1.82, 2.24) is 0 Å². The van der Waals surface area contributed by atoms with Gasteiger partial charge < -0.3 is 24.4 Å². The summed E-state index contributed by atoms with van der Waals surface area (Å²) in [5, 5.41) is 15.8. The molecule has 1 unspecified atom stereocenters. The number of aliphatic hydroxyl groups excluding tert-OH is 2. The van der Waals surface area contributed by atoms with E-state index in [4.69, 9.17) is 19.7 Å². The average Bonchev–Trinajstić information content (AvgIpc) is 2.93. The van der Waals surface area contributed by atoms with Crippen LogP contribution in [0.1, 0.15) is 12.8 Å². The van der Waals surface area contributed by atoms with Crippen molar-refractivity contribution >= 4 is 0 Å². The number of rotatable bonds is 2. The molecule has 3 fully saturated rings. The van der Waals surface area contributed by atoms with Crippen molar-refractivity contribution in [3.8, 4) is 0 Å². The summed E-state index contributed by atoms with van der Waals surface area (Å²) in [6.45, 7) is 6.09. The third-order valence-electron chi connectivity index (χ3n) is 2.62. The van der Waals surface area contributed by atoms with Gasteiger partial charge in [0.2, 0.25) is 0 Å². The van der Waals surface area contributed by atoms with Gasteiger partial charge in [-0.15, -0.1) is 6.58 Å². The zero-order chi connectivity index (χ0) is 12.5. The van der Waals surface area contributed by atoms with Crippen molar-refractivity contribution in [2.45, 2.75) is 31.2 Å². The SMILES string of the molecule is C1C[C@H]2OCC[C@H]2O1.C=CCO.OCC1CO1. The fourth-order valence-electron chi connectivity index (χ4n) is 1.60. The summed E-state index contributed by atoms with van der Waals surface area (Å²) in [5.74, 6) is 0. The fraction of sp³-hybridized carbons (Fsp3) is 0.833. The van der Waals surface area contributed by atoms with E-state index in [1.165, 1.54) is 6.08 Å². The lowest BCUT2D eigenvalue weighted by Gasteiger charge is -2.03. The van der Waals surface area contributed by atoms with Crippen molar-refractivity contribution in [3.05, 3.63) is 12.7 Å². The van der Waals surface area contributed by atoms with Crippen LogP contribution in [-0.4, -0.2) is 61.6 Å². The molecule has 0 radical (unpaired) electrons. The van der Waals surface area contributed by atoms with Crippen molar-refractivity contribution in [2.24, 2.45) is 0 Å². The van der Waals surface area contributed by atoms with E-state index in [1.807, 2.05) is 0 Å². The molecule has 5 nitrogen and oxygen atoms in total. The van der Waals surface area contributed by atoms with E-state index in [-0.39, 0.29) is 19.3 Å². The Balaban J connectivity index is 0.000000140. The highest BCUT2D eigenvalue weighted by Gasteiger charge is 2.33. The van der Waals surface area contributed by atoms with Crippen LogP contribution in [-0.2, 0) is 14.2 Å². The maximum absolute atomic E-state index is 8.08. The Morgan fingerprint density at radius 1 is 1.06 bits per heavy atom. The van der Waals surface area contributed by atoms with E-state index in [0.717, 1.165) is 32.7 Å². The highest BCUT2D eigenvalue weighted by molar-refractivity contribution is 4.81. The summed E-state index contributed by atoms with van der Waals surface area (Å²) in [6, 6.07) is 0. The molecule has 3 rings (SSSR count). The van der Waals surface area contributed by atoms with E-state index in [9.17, 15) is 0 Å². The second kappa shape index (κ2) is 8.60. The molecule has 3 saturated heterocycles. The van der Waals surface area contributed by atoms with Gasteiger partial charge in [-0.05, 0) is 12.8 Å². The van der Waals surface area contributed by atoms with Gasteiger partial charge >= 0.3 is 0 Å². The van der Waals surface area contributed by atoms with Gasteiger partial charge in [0.1, 0.15) is 6.10 Å². The van der Waals surface area contributed by atoms with Crippen molar-refractivity contribution in [2.75, 3.05) is 33.0 Å². The van der Waals surface area contributed by atoms with Gasteiger partial charge in [0.15, 0.2) is 0 Å². The Bertz CT molecular complexity index is 185. The summed E-state index contributed by atoms with van der Waals surface area (Å²) in [6.07, 6.45) is 4.76. The summed E-state index contributed by atoms with van der Waals surface area (Å²) < 4.78 is 15.3. The molecular formula is C12H22O5. The van der Waals surface area contributed by atoms with Crippen LogP contribution >= 0.6 is 0 Å². The molecule has 2 N–H and O–H groups in total. The van der Waals surface area contributed by atoms with Crippen LogP contribution in [0.3, 0.4) is 0 Å². The number of ether oxygens (including phenoxy) is 3. The number of hydrogen-bond acceptors (Lipinski definition) is 5. The molecule has 0 aliphatic carbocycles. The van der Waals surface area contributed by atoms with Gasteiger partial charge in [-0.3, -0.25) is 0 Å². The first-order valence-corrected chi connectivity index (χ1v) is 5.99. The molecule has 0 bridgehead atoms. The van der Waals surface area contributed by atoms with E-state index in [0.29, 0.717) is 12.2 Å². The highest BCUT2D eigenvalue weighted by atomic mass is 16.6. The molecule has 17 heavy (non-hydrogen) atoms. The molecule has 5 heteroatoms. The van der Waals surface area contributed by atoms with Crippen LogP contribution in [0.2, 0.25) is 0 Å². The standard InChI is InChI=1S/C6H10O2.C3H6O2.C3H6O/c1-3-7-6-2-4-8-5(1)6;4-1-3-2-5-3;1-2-3-4/h5-6H,1-4H2;3-4H,1-2H2;2,4H,1,3H2/t5-,6-;;/m1../s1. The monoisotopic (exact) mass is 246 g/mol. The first-order chi connectivity index (χ1) is 8.31. The maximum Gasteiger partial charge on any atom is 0.104 e. The quantitative estimate of drug-likeness (QED) is 0.534. The van der Waals surface area contributed by atoms with Gasteiger partial charge in [-0.2, -0.15) is 0 Å². The third kappa shape index (κ3) is 6.14. The molecule has 3 aliphatic rings. The Labute approximate surface area is 102 Å². The number of hydrogen-bond donors (Lipinski definition) is 2. The van der Waals surface area contributed by atoms with Gasteiger partial charge in [-0.1, -0.05) is 6.08 Å². The van der Waals surface area contributed by atoms with Gasteiger partial charge in [0.25, 0.3) is 0 Å². The highest BCUT2D eigenvalue weighted by Crippen LogP contribution is 2.25. The van der Waals surface area contributed by atoms with E-state index in [2.05, 4.69) is 11.3 Å². The molecule has 0 saturated carbocycles. The first-order valence-electron chi connectivity index (χ1n) is 5.99. The van der Waals surface area contributed by atoms with Crippen molar-refractivity contribution in [1.29, 1.82) is 0 Å². The van der Waals surface area contributed by atoms with Crippen LogP contribution in [0.25, 0.3) is 0 Å². The smallest absolute Gasteiger partial charge is 0.104 e. The minimum atomic E-state index is 0.0833. The molecule has 0 spiro atoms. The Morgan fingerprint density at radius 3 is 1.76 bits per heavy atom. The number of fused-ring (bicyclic) bond motifs is 1. The Morgan fingerprint density at radius 2 is 1.53 bits per heavy atom. The van der Waals surface area contributed by atoms with Gasteiger partial charge in [-0.25, -0.2) is 0 Å². The fourth-order valence-corrected chi connectivity index (χ4v) is 1.60. The summed E-state index contributed by atoms with van der Waals surface area (Å²) in [7, 11) is 0.